The average Bonchev–Trinajstić information content (AvgIpc) is 2.39. The van der Waals surface area contributed by atoms with Gasteiger partial charge in [0.25, 0.3) is 0 Å². The van der Waals surface area contributed by atoms with Crippen LogP contribution < -0.4 is 0 Å². The van der Waals surface area contributed by atoms with Gasteiger partial charge in [0, 0.05) is 6.42 Å². The molecule has 0 aromatic heterocycles. The maximum absolute atomic E-state index is 5.52. The highest BCUT2D eigenvalue weighted by Crippen LogP contribution is 2.30. The van der Waals surface area contributed by atoms with Gasteiger partial charge in [0.2, 0.25) is 0 Å². The molecule has 0 unspecified atom stereocenters. The van der Waals surface area contributed by atoms with Crippen LogP contribution >= 0.6 is 0 Å². The molecule has 2 aliphatic rings. The number of rotatable bonds is 0. The molecular formula is C8H12O2. The summed E-state index contributed by atoms with van der Waals surface area (Å²) < 4.78 is 11.0. The third-order valence-electron chi connectivity index (χ3n) is 2.01. The van der Waals surface area contributed by atoms with E-state index in [1.807, 2.05) is 6.08 Å². The van der Waals surface area contributed by atoms with Crippen molar-refractivity contribution in [2.24, 2.45) is 0 Å². The molecule has 1 spiro atoms. The SMILES string of the molecule is C1=CC2(CC1)OCCCO2. The Morgan fingerprint density at radius 1 is 1.20 bits per heavy atom. The molecule has 2 heteroatoms. The summed E-state index contributed by atoms with van der Waals surface area (Å²) in [5.74, 6) is -0.307. The maximum Gasteiger partial charge on any atom is 0.188 e. The topological polar surface area (TPSA) is 18.5 Å². The minimum atomic E-state index is -0.307. The lowest BCUT2D eigenvalue weighted by Gasteiger charge is -2.31. The summed E-state index contributed by atoms with van der Waals surface area (Å²) in [4.78, 5) is 0. The van der Waals surface area contributed by atoms with Crippen molar-refractivity contribution in [2.75, 3.05) is 13.2 Å². The summed E-state index contributed by atoms with van der Waals surface area (Å²) >= 11 is 0. The van der Waals surface area contributed by atoms with Gasteiger partial charge in [0.05, 0.1) is 13.2 Å². The van der Waals surface area contributed by atoms with Crippen molar-refractivity contribution >= 4 is 0 Å². The van der Waals surface area contributed by atoms with Crippen LogP contribution in [0.5, 0.6) is 0 Å². The lowest BCUT2D eigenvalue weighted by molar-refractivity contribution is -0.234. The van der Waals surface area contributed by atoms with Crippen LogP contribution in [0, 0.1) is 0 Å². The van der Waals surface area contributed by atoms with Gasteiger partial charge in [-0.25, -0.2) is 0 Å². The molecule has 56 valence electrons. The van der Waals surface area contributed by atoms with E-state index in [1.54, 1.807) is 0 Å². The van der Waals surface area contributed by atoms with Gasteiger partial charge in [0.15, 0.2) is 5.79 Å². The van der Waals surface area contributed by atoms with Crippen molar-refractivity contribution in [3.8, 4) is 0 Å². The average molecular weight is 140 g/mol. The molecule has 1 heterocycles. The van der Waals surface area contributed by atoms with Crippen LogP contribution in [-0.2, 0) is 9.47 Å². The molecule has 1 aliphatic carbocycles. The summed E-state index contributed by atoms with van der Waals surface area (Å²) in [6.45, 7) is 1.70. The van der Waals surface area contributed by atoms with Crippen LogP contribution in [-0.4, -0.2) is 19.0 Å². The van der Waals surface area contributed by atoms with E-state index < -0.39 is 0 Å². The standard InChI is InChI=1S/C8H12O2/c1-2-5-8(4-1)9-6-3-7-10-8/h1,4H,2-3,5-7H2. The summed E-state index contributed by atoms with van der Waals surface area (Å²) in [5.41, 5.74) is 0. The van der Waals surface area contributed by atoms with E-state index >= 15 is 0 Å². The lowest BCUT2D eigenvalue weighted by atomic mass is 10.2. The highest BCUT2D eigenvalue weighted by molar-refractivity contribution is 5.04. The maximum atomic E-state index is 5.52. The van der Waals surface area contributed by atoms with Gasteiger partial charge in [-0.05, 0) is 18.9 Å². The van der Waals surface area contributed by atoms with Crippen LogP contribution in [0.4, 0.5) is 0 Å². The van der Waals surface area contributed by atoms with Crippen molar-refractivity contribution in [1.29, 1.82) is 0 Å². The predicted molar refractivity (Wildman–Crippen MR) is 37.6 cm³/mol. The molecule has 2 rings (SSSR count). The largest absolute Gasteiger partial charge is 0.346 e. The Morgan fingerprint density at radius 3 is 2.60 bits per heavy atom. The molecule has 1 saturated heterocycles. The highest BCUT2D eigenvalue weighted by atomic mass is 16.7. The Kier molecular flexibility index (Phi) is 1.51. The summed E-state index contributed by atoms with van der Waals surface area (Å²) in [5, 5.41) is 0. The highest BCUT2D eigenvalue weighted by Gasteiger charge is 2.33. The quantitative estimate of drug-likeness (QED) is 0.474. The molecule has 1 aliphatic heterocycles. The molecule has 0 N–H and O–H groups in total. The first-order chi connectivity index (χ1) is 4.91. The zero-order valence-corrected chi connectivity index (χ0v) is 6.01. The van der Waals surface area contributed by atoms with Crippen molar-refractivity contribution in [1.82, 2.24) is 0 Å². The minimum absolute atomic E-state index is 0.307. The first kappa shape index (κ1) is 6.38. The van der Waals surface area contributed by atoms with E-state index in [9.17, 15) is 0 Å². The van der Waals surface area contributed by atoms with E-state index in [2.05, 4.69) is 6.08 Å². The van der Waals surface area contributed by atoms with E-state index in [0.29, 0.717) is 0 Å². The van der Waals surface area contributed by atoms with Gasteiger partial charge in [-0.15, -0.1) is 0 Å². The second-order valence-corrected chi connectivity index (χ2v) is 2.80. The normalized spacial score (nSPS) is 29.6. The molecule has 0 radical (unpaired) electrons. The fourth-order valence-electron chi connectivity index (χ4n) is 1.46. The van der Waals surface area contributed by atoms with Crippen molar-refractivity contribution < 1.29 is 9.47 Å². The second kappa shape index (κ2) is 2.36. The smallest absolute Gasteiger partial charge is 0.188 e. The predicted octanol–water partition coefficient (Wildman–Crippen LogP) is 1.47. The number of ether oxygens (including phenoxy) is 2. The van der Waals surface area contributed by atoms with Gasteiger partial charge in [-0.2, -0.15) is 0 Å². The van der Waals surface area contributed by atoms with E-state index in [0.717, 1.165) is 32.5 Å². The monoisotopic (exact) mass is 140 g/mol. The first-order valence-corrected chi connectivity index (χ1v) is 3.87. The summed E-state index contributed by atoms with van der Waals surface area (Å²) in [6, 6.07) is 0. The van der Waals surface area contributed by atoms with Gasteiger partial charge in [0.1, 0.15) is 0 Å². The number of hydrogen-bond donors (Lipinski definition) is 0. The van der Waals surface area contributed by atoms with Crippen LogP contribution in [0.2, 0.25) is 0 Å². The fourth-order valence-corrected chi connectivity index (χ4v) is 1.46. The van der Waals surface area contributed by atoms with Crippen LogP contribution in [0.3, 0.4) is 0 Å². The Morgan fingerprint density at radius 2 is 2.00 bits per heavy atom. The molecule has 0 aromatic carbocycles. The van der Waals surface area contributed by atoms with Crippen LogP contribution in [0.15, 0.2) is 12.2 Å². The van der Waals surface area contributed by atoms with Gasteiger partial charge >= 0.3 is 0 Å². The zero-order valence-electron chi connectivity index (χ0n) is 6.01. The Hall–Kier alpha value is -0.340. The van der Waals surface area contributed by atoms with E-state index in [4.69, 9.17) is 9.47 Å². The van der Waals surface area contributed by atoms with Crippen LogP contribution in [0.25, 0.3) is 0 Å². The number of allylic oxidation sites excluding steroid dienone is 1. The molecule has 2 nitrogen and oxygen atoms in total. The van der Waals surface area contributed by atoms with Gasteiger partial charge in [-0.1, -0.05) is 6.08 Å². The zero-order chi connectivity index (χ0) is 6.86. The third-order valence-corrected chi connectivity index (χ3v) is 2.01. The molecule has 0 bridgehead atoms. The molecule has 0 saturated carbocycles. The Labute approximate surface area is 60.8 Å². The van der Waals surface area contributed by atoms with E-state index in [1.165, 1.54) is 0 Å². The minimum Gasteiger partial charge on any atom is -0.346 e. The summed E-state index contributed by atoms with van der Waals surface area (Å²) in [6.07, 6.45) is 7.32. The second-order valence-electron chi connectivity index (χ2n) is 2.80. The van der Waals surface area contributed by atoms with Crippen molar-refractivity contribution in [3.05, 3.63) is 12.2 Å². The fraction of sp³-hybridized carbons (Fsp3) is 0.750. The third kappa shape index (κ3) is 0.976. The van der Waals surface area contributed by atoms with E-state index in [-0.39, 0.29) is 5.79 Å². The molecule has 0 atom stereocenters. The first-order valence-electron chi connectivity index (χ1n) is 3.87. The Balaban J connectivity index is 2.05. The molecule has 0 amide bonds. The molecular weight excluding hydrogens is 128 g/mol. The number of hydrogen-bond acceptors (Lipinski definition) is 2. The molecule has 1 fully saturated rings. The molecule has 10 heavy (non-hydrogen) atoms. The van der Waals surface area contributed by atoms with Gasteiger partial charge in [-0.3, -0.25) is 0 Å². The lowest BCUT2D eigenvalue weighted by Crippen LogP contribution is -2.36. The van der Waals surface area contributed by atoms with Crippen molar-refractivity contribution in [3.63, 3.8) is 0 Å². The summed E-state index contributed by atoms with van der Waals surface area (Å²) in [7, 11) is 0. The van der Waals surface area contributed by atoms with Crippen LogP contribution in [0.1, 0.15) is 19.3 Å². The molecule has 0 aromatic rings. The Bertz CT molecular complexity index is 145. The van der Waals surface area contributed by atoms with Crippen molar-refractivity contribution in [2.45, 2.75) is 25.0 Å². The van der Waals surface area contributed by atoms with Gasteiger partial charge < -0.3 is 9.47 Å².